The highest BCUT2D eigenvalue weighted by Gasteiger charge is 2.23. The number of esters is 1. The van der Waals surface area contributed by atoms with E-state index in [9.17, 15) is 24.0 Å². The number of nitrogens with two attached hydrogens (primary N) is 1. The van der Waals surface area contributed by atoms with Gasteiger partial charge in [0.25, 0.3) is 0 Å². The molecular weight excluding hydrogens is 476 g/mol. The molecule has 1 aromatic rings. The monoisotopic (exact) mass is 520 g/mol. The maximum Gasteiger partial charge on any atom is 0.328 e. The molecule has 10 heteroatoms. The molecule has 0 radical (unpaired) electrons. The van der Waals surface area contributed by atoms with E-state index in [1.165, 1.54) is 27.0 Å². The first-order chi connectivity index (χ1) is 17.5. The van der Waals surface area contributed by atoms with Gasteiger partial charge in [-0.2, -0.15) is 0 Å². The van der Waals surface area contributed by atoms with Crippen molar-refractivity contribution >= 4 is 35.6 Å². The van der Waals surface area contributed by atoms with Crippen LogP contribution in [-0.2, 0) is 28.7 Å². The summed E-state index contributed by atoms with van der Waals surface area (Å²) < 4.78 is 5.10. The molecule has 3 amide bonds. The van der Waals surface area contributed by atoms with Gasteiger partial charge in [-0.05, 0) is 52.3 Å². The Labute approximate surface area is 220 Å². The number of unbranched alkanes of at least 4 members (excludes halogenated alkanes) is 1. The lowest BCUT2D eigenvalue weighted by atomic mass is 10.1. The molecule has 0 aliphatic heterocycles. The minimum Gasteiger partial charge on any atom is -0.461 e. The van der Waals surface area contributed by atoms with Gasteiger partial charge in [-0.1, -0.05) is 43.7 Å². The van der Waals surface area contributed by atoms with Gasteiger partial charge in [0.15, 0.2) is 0 Å². The molecule has 1 atom stereocenters. The van der Waals surface area contributed by atoms with Gasteiger partial charge >= 0.3 is 5.97 Å². The number of rotatable bonds is 13. The third kappa shape index (κ3) is 22.7. The number of Topliss-reactive ketones (excluding diaryl/α,β-unsaturated/α-hetero) is 1. The molecule has 0 fully saturated rings. The summed E-state index contributed by atoms with van der Waals surface area (Å²) in [6.45, 7) is 8.97. The number of ketones is 1. The molecule has 0 aliphatic rings. The minimum atomic E-state index is -0.930. The van der Waals surface area contributed by atoms with E-state index < -0.39 is 23.8 Å². The fourth-order valence-corrected chi connectivity index (χ4v) is 2.56. The van der Waals surface area contributed by atoms with Crippen LogP contribution in [0.2, 0.25) is 0 Å². The van der Waals surface area contributed by atoms with Crippen LogP contribution in [0.4, 0.5) is 0 Å². The maximum absolute atomic E-state index is 12.1. The van der Waals surface area contributed by atoms with E-state index in [1.807, 2.05) is 30.3 Å². The Morgan fingerprint density at radius 1 is 1.00 bits per heavy atom. The highest BCUT2D eigenvalue weighted by Crippen LogP contribution is 2.04. The van der Waals surface area contributed by atoms with E-state index in [4.69, 9.17) is 4.74 Å². The van der Waals surface area contributed by atoms with Crippen molar-refractivity contribution < 1.29 is 28.7 Å². The molecule has 1 unspecified atom stereocenters. The molecule has 0 spiro atoms. The molecule has 1 aromatic carbocycles. The van der Waals surface area contributed by atoms with E-state index in [-0.39, 0.29) is 37.2 Å². The van der Waals surface area contributed by atoms with E-state index in [0.717, 1.165) is 24.9 Å². The van der Waals surface area contributed by atoms with Crippen molar-refractivity contribution in [3.63, 3.8) is 0 Å². The fourth-order valence-electron chi connectivity index (χ4n) is 2.56. The Kier molecular flexibility index (Phi) is 22.1. The van der Waals surface area contributed by atoms with Gasteiger partial charge in [-0.15, -0.1) is 0 Å². The topological polar surface area (TPSA) is 157 Å². The van der Waals surface area contributed by atoms with Crippen molar-refractivity contribution in [3.8, 4) is 0 Å². The fraction of sp³-hybridized carbons (Fsp3) is 0.519. The van der Waals surface area contributed by atoms with Crippen molar-refractivity contribution in [1.82, 2.24) is 16.0 Å². The van der Waals surface area contributed by atoms with Crippen LogP contribution in [0.25, 0.3) is 6.08 Å². The van der Waals surface area contributed by atoms with Crippen molar-refractivity contribution in [2.45, 2.75) is 72.4 Å². The number of hydrogen-bond acceptors (Lipinski definition) is 7. The molecule has 0 aliphatic carbocycles. The van der Waals surface area contributed by atoms with Crippen LogP contribution in [0.15, 0.2) is 36.4 Å². The van der Waals surface area contributed by atoms with Crippen molar-refractivity contribution in [2.75, 3.05) is 20.1 Å². The number of ether oxygens (including phenoxy) is 1. The second-order valence-corrected chi connectivity index (χ2v) is 8.14. The largest absolute Gasteiger partial charge is 0.461 e. The van der Waals surface area contributed by atoms with Gasteiger partial charge in [0, 0.05) is 26.0 Å². The first kappa shape index (κ1) is 35.6. The van der Waals surface area contributed by atoms with Crippen LogP contribution in [0, 0.1) is 0 Å². The van der Waals surface area contributed by atoms with E-state index in [2.05, 4.69) is 28.6 Å². The molecule has 37 heavy (non-hydrogen) atoms. The molecule has 10 nitrogen and oxygen atoms in total. The van der Waals surface area contributed by atoms with Crippen LogP contribution >= 0.6 is 0 Å². The summed E-state index contributed by atoms with van der Waals surface area (Å²) in [6, 6.07) is 8.33. The number of carbonyl (C=O) groups excluding carboxylic acids is 5. The molecule has 208 valence electrons. The van der Waals surface area contributed by atoms with E-state index in [1.54, 1.807) is 19.9 Å². The first-order valence-electron chi connectivity index (χ1n) is 12.4. The highest BCUT2D eigenvalue weighted by atomic mass is 16.5. The van der Waals surface area contributed by atoms with Crippen LogP contribution in [0.5, 0.6) is 0 Å². The molecule has 0 aromatic heterocycles. The standard InChI is InChI=1S/C20H26N2O5.C6H13NO.CH5N/c1-14(2)27-20(26)17(11-9-15(3)23)22-19(25)13-21-18(24)12-10-16-7-5-4-6-8-16;1-3-4-5-7-6(2)8;1-2/h4-8,10,12,14,17H,9,11,13H2,1-3H3,(H,21,24)(H,22,25);3-5H2,1-2H3,(H,7,8);2H2,1H3/b12-10+;;. The lowest BCUT2D eigenvalue weighted by molar-refractivity contribution is -0.151. The molecule has 5 N–H and O–H groups in total. The third-order valence-electron chi connectivity index (χ3n) is 4.31. The molecule has 1 rings (SSSR count). The summed E-state index contributed by atoms with van der Waals surface area (Å²) in [5.74, 6) is -1.59. The van der Waals surface area contributed by atoms with E-state index in [0.29, 0.717) is 0 Å². The summed E-state index contributed by atoms with van der Waals surface area (Å²) in [5.41, 5.74) is 5.36. The molecular formula is C27H44N4O6. The predicted octanol–water partition coefficient (Wildman–Crippen LogP) is 2.12. The van der Waals surface area contributed by atoms with Gasteiger partial charge in [-0.3, -0.25) is 14.4 Å². The number of carbonyl (C=O) groups is 5. The number of benzene rings is 1. The zero-order chi connectivity index (χ0) is 28.6. The Bertz CT molecular complexity index is 841. The summed E-state index contributed by atoms with van der Waals surface area (Å²) in [5, 5.41) is 7.66. The Hall–Kier alpha value is -3.53. The number of nitrogens with one attached hydrogen (secondary N) is 3. The smallest absolute Gasteiger partial charge is 0.328 e. The summed E-state index contributed by atoms with van der Waals surface area (Å²) in [7, 11) is 1.50. The predicted molar refractivity (Wildman–Crippen MR) is 145 cm³/mol. The van der Waals surface area contributed by atoms with Crippen LogP contribution in [0.1, 0.15) is 65.9 Å². The van der Waals surface area contributed by atoms with Gasteiger partial charge in [-0.25, -0.2) is 4.79 Å². The normalized spacial score (nSPS) is 10.7. The summed E-state index contributed by atoms with van der Waals surface area (Å²) >= 11 is 0. The Morgan fingerprint density at radius 3 is 2.14 bits per heavy atom. The average molecular weight is 521 g/mol. The van der Waals surface area contributed by atoms with Gasteiger partial charge < -0.3 is 31.2 Å². The zero-order valence-corrected chi connectivity index (χ0v) is 23.0. The minimum absolute atomic E-state index is 0.0680. The van der Waals surface area contributed by atoms with Crippen LogP contribution in [0.3, 0.4) is 0 Å². The quantitative estimate of drug-likeness (QED) is 0.176. The van der Waals surface area contributed by atoms with Gasteiger partial charge in [0.05, 0.1) is 12.6 Å². The van der Waals surface area contributed by atoms with Crippen LogP contribution < -0.4 is 21.7 Å². The molecule has 0 heterocycles. The molecule has 0 saturated heterocycles. The van der Waals surface area contributed by atoms with Gasteiger partial charge in [0.2, 0.25) is 17.7 Å². The second kappa shape index (κ2) is 22.9. The maximum atomic E-state index is 12.1. The molecule has 0 bridgehead atoms. The Morgan fingerprint density at radius 2 is 1.62 bits per heavy atom. The lowest BCUT2D eigenvalue weighted by Crippen LogP contribution is -2.46. The van der Waals surface area contributed by atoms with Crippen molar-refractivity contribution in [2.24, 2.45) is 5.73 Å². The zero-order valence-electron chi connectivity index (χ0n) is 23.0. The second-order valence-electron chi connectivity index (χ2n) is 8.14. The average Bonchev–Trinajstić information content (AvgIpc) is 2.85. The number of hydrogen-bond donors (Lipinski definition) is 4. The molecule has 0 saturated carbocycles. The summed E-state index contributed by atoms with van der Waals surface area (Å²) in [4.78, 5) is 57.2. The lowest BCUT2D eigenvalue weighted by Gasteiger charge is -2.18. The van der Waals surface area contributed by atoms with E-state index >= 15 is 0 Å². The summed E-state index contributed by atoms with van der Waals surface area (Å²) in [6.07, 6.45) is 5.13. The van der Waals surface area contributed by atoms with Crippen molar-refractivity contribution in [3.05, 3.63) is 42.0 Å². The number of amides is 3. The van der Waals surface area contributed by atoms with Gasteiger partial charge in [0.1, 0.15) is 11.8 Å². The van der Waals surface area contributed by atoms with Crippen LogP contribution in [-0.4, -0.2) is 61.8 Å². The Balaban J connectivity index is 0. The SMILES string of the molecule is CC(=O)CCC(NC(=O)CNC(=O)/C=C/c1ccccc1)C(=O)OC(C)C.CCCCNC(C)=O.CN. The van der Waals surface area contributed by atoms with Crippen molar-refractivity contribution in [1.29, 1.82) is 0 Å². The highest BCUT2D eigenvalue weighted by molar-refractivity contribution is 5.95. The third-order valence-corrected chi connectivity index (χ3v) is 4.31. The first-order valence-corrected chi connectivity index (χ1v) is 12.4.